The molecule has 0 fully saturated rings. The van der Waals surface area contributed by atoms with Gasteiger partial charge in [0.25, 0.3) is 0 Å². The summed E-state index contributed by atoms with van der Waals surface area (Å²) >= 11 is 0. The third-order valence-corrected chi connectivity index (χ3v) is 0. The summed E-state index contributed by atoms with van der Waals surface area (Å²) in [5.74, 6) is 0. The molecule has 0 aliphatic heterocycles. The van der Waals surface area contributed by atoms with Gasteiger partial charge < -0.3 is 0 Å². The van der Waals surface area contributed by atoms with Crippen LogP contribution in [0.4, 0.5) is 0 Å². The molecule has 0 atom stereocenters. The Kier molecular flexibility index (Phi) is 225. The maximum absolute atomic E-state index is 0. The molecular formula is H3BCoFeMo. The van der Waals surface area contributed by atoms with Crippen LogP contribution in [0, 0.1) is 0 Å². The van der Waals surface area contributed by atoms with Crippen LogP contribution in [-0.2, 0) is 54.9 Å². The molecule has 0 spiro atoms. The van der Waals surface area contributed by atoms with E-state index >= 15 is 0 Å². The Hall–Kier alpha value is 1.78. The predicted octanol–water partition coefficient (Wildman–Crippen LogP) is -1.19. The van der Waals surface area contributed by atoms with Crippen LogP contribution in [0.3, 0.4) is 0 Å². The van der Waals surface area contributed by atoms with Crippen LogP contribution in [0.25, 0.3) is 0 Å². The molecule has 0 heterocycles. The van der Waals surface area contributed by atoms with E-state index in [2.05, 4.69) is 0 Å². The van der Waals surface area contributed by atoms with E-state index in [1.165, 1.54) is 0 Å². The topological polar surface area (TPSA) is 0 Å². The van der Waals surface area contributed by atoms with Crippen molar-refractivity contribution in [3.63, 3.8) is 0 Å². The minimum absolute atomic E-state index is 0. The van der Waals surface area contributed by atoms with Crippen LogP contribution < -0.4 is 0 Å². The molecule has 0 rings (SSSR count). The Labute approximate surface area is 63.0 Å². The monoisotopic (exact) mass is 227 g/mol. The van der Waals surface area contributed by atoms with Crippen molar-refractivity contribution in [1.82, 2.24) is 0 Å². The molecule has 0 aromatic carbocycles. The zero-order chi connectivity index (χ0) is 0. The van der Waals surface area contributed by atoms with Crippen molar-refractivity contribution >= 4 is 8.41 Å². The van der Waals surface area contributed by atoms with Crippen molar-refractivity contribution in [1.29, 1.82) is 0 Å². The van der Waals surface area contributed by atoms with Gasteiger partial charge in [0.15, 0.2) is 0 Å². The molecule has 0 saturated heterocycles. The molecular weight excluding hydrogens is 222 g/mol. The first-order chi connectivity index (χ1) is 0. The third kappa shape index (κ3) is 9.22. The molecule has 0 N–H and O–H groups in total. The first-order valence-electron chi connectivity index (χ1n) is 0. The zero-order valence-electron chi connectivity index (χ0n) is 1.10. The van der Waals surface area contributed by atoms with Crippen LogP contribution in [0.15, 0.2) is 0 Å². The number of rotatable bonds is 0. The molecule has 0 aliphatic carbocycles. The van der Waals surface area contributed by atoms with Gasteiger partial charge in [-0.25, -0.2) is 0 Å². The van der Waals surface area contributed by atoms with Crippen molar-refractivity contribution < 1.29 is 54.9 Å². The van der Waals surface area contributed by atoms with Crippen LogP contribution in [0.1, 0.15) is 0 Å². The first kappa shape index (κ1) is 41.7. The fourth-order valence-electron chi connectivity index (χ4n) is 0. The summed E-state index contributed by atoms with van der Waals surface area (Å²) in [7, 11) is 0. The number of hydrogen-bond acceptors (Lipinski definition) is 0. The molecule has 0 bridgehead atoms. The molecule has 4 heteroatoms. The minimum atomic E-state index is 0. The second kappa shape index (κ2) is 21.6. The predicted molar refractivity (Wildman–Crippen MR) is 9.94 cm³/mol. The van der Waals surface area contributed by atoms with E-state index in [0.29, 0.717) is 0 Å². The van der Waals surface area contributed by atoms with Gasteiger partial charge in [-0.15, -0.1) is 0 Å². The Morgan fingerprint density at radius 1 is 1.00 bits per heavy atom. The van der Waals surface area contributed by atoms with Crippen LogP contribution in [-0.4, -0.2) is 8.41 Å². The van der Waals surface area contributed by atoms with Crippen molar-refractivity contribution in [2.75, 3.05) is 0 Å². The summed E-state index contributed by atoms with van der Waals surface area (Å²) < 4.78 is 0. The fourth-order valence-corrected chi connectivity index (χ4v) is 0. The van der Waals surface area contributed by atoms with Crippen molar-refractivity contribution in [3.05, 3.63) is 0 Å². The molecule has 0 aromatic rings. The first-order valence-corrected chi connectivity index (χ1v) is 0. The van der Waals surface area contributed by atoms with Crippen molar-refractivity contribution in [3.8, 4) is 0 Å². The summed E-state index contributed by atoms with van der Waals surface area (Å²) in [4.78, 5) is 0. The van der Waals surface area contributed by atoms with Gasteiger partial charge in [0.2, 0.25) is 0 Å². The average molecular weight is 225 g/mol. The zero-order valence-corrected chi connectivity index (χ0v) is 5.25. The third-order valence-electron chi connectivity index (χ3n) is 0. The van der Waals surface area contributed by atoms with Crippen LogP contribution >= 0.6 is 0 Å². The van der Waals surface area contributed by atoms with E-state index in [1.54, 1.807) is 0 Å². The minimum Gasteiger partial charge on any atom is 0 e. The standard InChI is InChI=1S/BH3.Co.Fe.Mo/h1H3;;;. The van der Waals surface area contributed by atoms with Gasteiger partial charge in [0, 0.05) is 54.9 Å². The maximum atomic E-state index is 0. The quantitative estimate of drug-likeness (QED) is 0.454. The average Bonchev–Trinajstić information content (AvgIpc) is 0. The van der Waals surface area contributed by atoms with Crippen molar-refractivity contribution in [2.45, 2.75) is 0 Å². The molecule has 0 amide bonds. The molecule has 0 nitrogen and oxygen atoms in total. The van der Waals surface area contributed by atoms with Gasteiger partial charge in [0.1, 0.15) is 0 Å². The van der Waals surface area contributed by atoms with E-state index in [9.17, 15) is 0 Å². The number of hydrogen-bond donors (Lipinski definition) is 0. The maximum Gasteiger partial charge on any atom is 0.0814 e. The summed E-state index contributed by atoms with van der Waals surface area (Å²) in [5.41, 5.74) is 0. The van der Waals surface area contributed by atoms with E-state index < -0.39 is 0 Å². The Morgan fingerprint density at radius 3 is 1.00 bits per heavy atom. The van der Waals surface area contributed by atoms with E-state index in [-0.39, 0.29) is 63.3 Å². The SMILES string of the molecule is B.[Co].[Fe].[Mo]. The van der Waals surface area contributed by atoms with E-state index in [4.69, 9.17) is 0 Å². The summed E-state index contributed by atoms with van der Waals surface area (Å²) in [6.45, 7) is 0. The Morgan fingerprint density at radius 2 is 1.00 bits per heavy atom. The molecule has 29 valence electrons. The van der Waals surface area contributed by atoms with Gasteiger partial charge in [-0.05, 0) is 0 Å². The van der Waals surface area contributed by atoms with Gasteiger partial charge in [0.05, 0.1) is 8.41 Å². The molecule has 4 heavy (non-hydrogen) atoms. The van der Waals surface area contributed by atoms with Crippen LogP contribution in [0.2, 0.25) is 0 Å². The second-order valence-electron chi connectivity index (χ2n) is 0. The molecule has 0 unspecified atom stereocenters. The summed E-state index contributed by atoms with van der Waals surface area (Å²) in [6, 6.07) is 0. The normalized spacial score (nSPS) is 0. The largest absolute Gasteiger partial charge is 0.0814 e. The van der Waals surface area contributed by atoms with E-state index in [0.717, 1.165) is 0 Å². The van der Waals surface area contributed by atoms with Crippen LogP contribution in [0.5, 0.6) is 0 Å². The van der Waals surface area contributed by atoms with Gasteiger partial charge in [-0.2, -0.15) is 0 Å². The summed E-state index contributed by atoms with van der Waals surface area (Å²) in [5, 5.41) is 0. The van der Waals surface area contributed by atoms with E-state index in [1.807, 2.05) is 0 Å². The molecule has 0 saturated carbocycles. The summed E-state index contributed by atoms with van der Waals surface area (Å²) in [6.07, 6.45) is 0. The van der Waals surface area contributed by atoms with Gasteiger partial charge in [-0.3, -0.25) is 0 Å². The van der Waals surface area contributed by atoms with Crippen molar-refractivity contribution in [2.24, 2.45) is 0 Å². The van der Waals surface area contributed by atoms with Gasteiger partial charge >= 0.3 is 0 Å². The molecule has 1 radical (unpaired) electrons. The Bertz CT molecular complexity index is 8.00. The Balaban J connectivity index is 0. The smallest absolute Gasteiger partial charge is 0 e. The molecule has 0 aliphatic rings. The second-order valence-corrected chi connectivity index (χ2v) is 0. The molecule has 0 aromatic heterocycles. The fraction of sp³-hybridized carbons (Fsp3) is 0. The van der Waals surface area contributed by atoms with Gasteiger partial charge in [-0.1, -0.05) is 0 Å².